The number of hydrogen-bond donors (Lipinski definition) is 1. The van der Waals surface area contributed by atoms with Crippen LogP contribution in [0.25, 0.3) is 33.9 Å². The van der Waals surface area contributed by atoms with Gasteiger partial charge in [0.15, 0.2) is 0 Å². The maximum Gasteiger partial charge on any atom is 0.338 e. The number of carbonyl (C=O) groups excluding carboxylic acids is 1. The molecule has 360 valence electrons. The van der Waals surface area contributed by atoms with Gasteiger partial charge < -0.3 is 28.5 Å². The smallest absolute Gasteiger partial charge is 0.338 e. The molecule has 0 radical (unpaired) electrons. The van der Waals surface area contributed by atoms with Crippen LogP contribution in [-0.4, -0.2) is 47.0 Å². The SMILES string of the molecule is CCOC(=O)c1cccc(-n2c(C)ccc2-c2cc(SOOC)ccc2OCc2ccc(F)cc2)c1.COOSc1ccc(OCc2ccc(F)cc2)c(-c2ccc(C)n2-c2cccc(C(=O)O)c2)c1. The Morgan fingerprint density at radius 3 is 1.43 bits per heavy atom. The molecule has 0 saturated heterocycles. The largest absolute Gasteiger partial charge is 0.488 e. The lowest BCUT2D eigenvalue weighted by Crippen LogP contribution is -2.07. The van der Waals surface area contributed by atoms with Crippen LogP contribution in [-0.2, 0) is 36.4 Å². The van der Waals surface area contributed by atoms with Gasteiger partial charge in [-0.05, 0) is 153 Å². The first-order valence-corrected chi connectivity index (χ1v) is 23.2. The van der Waals surface area contributed by atoms with Gasteiger partial charge >= 0.3 is 11.9 Å². The lowest BCUT2D eigenvalue weighted by molar-refractivity contribution is -0.160. The first-order valence-electron chi connectivity index (χ1n) is 21.7. The van der Waals surface area contributed by atoms with Gasteiger partial charge in [0.05, 0.1) is 67.4 Å². The molecule has 16 heteroatoms. The number of hydrogen-bond acceptors (Lipinski definition) is 11. The average molecular weight is 987 g/mol. The molecule has 1 N–H and O–H groups in total. The van der Waals surface area contributed by atoms with Crippen LogP contribution in [0.2, 0.25) is 0 Å². The summed E-state index contributed by atoms with van der Waals surface area (Å²) in [6.45, 7) is 6.55. The third-order valence-electron chi connectivity index (χ3n) is 10.6. The first-order chi connectivity index (χ1) is 34.0. The van der Waals surface area contributed by atoms with E-state index in [4.69, 9.17) is 32.7 Å². The van der Waals surface area contributed by atoms with E-state index < -0.39 is 5.97 Å². The van der Waals surface area contributed by atoms with E-state index in [-0.39, 0.29) is 36.4 Å². The minimum absolute atomic E-state index is 0.196. The quantitative estimate of drug-likeness (QED) is 0.0358. The van der Waals surface area contributed by atoms with Crippen LogP contribution in [0.1, 0.15) is 50.2 Å². The molecule has 70 heavy (non-hydrogen) atoms. The van der Waals surface area contributed by atoms with Crippen molar-refractivity contribution in [3.63, 3.8) is 0 Å². The van der Waals surface area contributed by atoms with Gasteiger partial charge in [-0.25, -0.2) is 28.1 Å². The van der Waals surface area contributed by atoms with E-state index in [9.17, 15) is 23.5 Å². The van der Waals surface area contributed by atoms with Crippen molar-refractivity contribution in [2.24, 2.45) is 0 Å². The minimum atomic E-state index is -0.994. The predicted molar refractivity (Wildman–Crippen MR) is 264 cm³/mol. The number of carbonyl (C=O) groups is 2. The number of benzene rings is 6. The van der Waals surface area contributed by atoms with Crippen LogP contribution in [0.3, 0.4) is 0 Å². The Balaban J connectivity index is 0.000000207. The number of carboxylic acids is 1. The van der Waals surface area contributed by atoms with E-state index >= 15 is 0 Å². The van der Waals surface area contributed by atoms with Crippen molar-refractivity contribution in [3.05, 3.63) is 203 Å². The summed E-state index contributed by atoms with van der Waals surface area (Å²) in [6.07, 6.45) is 0. The highest BCUT2D eigenvalue weighted by molar-refractivity contribution is 7.94. The number of rotatable bonds is 19. The zero-order valence-corrected chi connectivity index (χ0v) is 40.4. The van der Waals surface area contributed by atoms with Crippen LogP contribution in [0.15, 0.2) is 168 Å². The van der Waals surface area contributed by atoms with E-state index in [1.54, 1.807) is 61.5 Å². The van der Waals surface area contributed by atoms with Crippen molar-refractivity contribution < 1.29 is 56.1 Å². The van der Waals surface area contributed by atoms with Crippen molar-refractivity contribution in [2.75, 3.05) is 20.8 Å². The highest BCUT2D eigenvalue weighted by Gasteiger charge is 2.19. The molecule has 0 unspecified atom stereocenters. The Morgan fingerprint density at radius 1 is 0.557 bits per heavy atom. The summed E-state index contributed by atoms with van der Waals surface area (Å²) in [5.74, 6) is -0.712. The fourth-order valence-corrected chi connectivity index (χ4v) is 8.22. The third-order valence-corrected chi connectivity index (χ3v) is 11.9. The van der Waals surface area contributed by atoms with Gasteiger partial charge in [0.2, 0.25) is 0 Å². The molecule has 2 aromatic heterocycles. The molecule has 0 atom stereocenters. The Morgan fingerprint density at radius 2 is 1.00 bits per heavy atom. The minimum Gasteiger partial charge on any atom is -0.488 e. The van der Waals surface area contributed by atoms with Crippen molar-refractivity contribution >= 4 is 36.0 Å². The molecule has 6 aromatic carbocycles. The lowest BCUT2D eigenvalue weighted by Gasteiger charge is -2.17. The standard InChI is InChI=1S/C28H26FNO5S.C26H22FNO5S/c1-4-33-28(31)21-6-5-7-23(16-21)30-19(2)8-14-26(30)25-17-24(36-35-32-3)13-15-27(25)34-18-20-9-11-22(29)12-10-20;1-17-6-12-24(28(17)21-5-3-4-19(14-21)26(29)30)23-15-22(34-33-31-2)11-13-25(23)32-16-18-7-9-20(27)10-8-18/h5-17H,4,18H2,1-3H3;3-15H,16H2,1-2H3,(H,29,30). The molecular formula is C54H48F2N2O10S2. The van der Waals surface area contributed by atoms with Crippen LogP contribution < -0.4 is 9.47 Å². The van der Waals surface area contributed by atoms with Crippen molar-refractivity contribution in [3.8, 4) is 45.4 Å². The second-order valence-corrected chi connectivity index (χ2v) is 16.8. The Hall–Kier alpha value is -7.18. The monoisotopic (exact) mass is 986 g/mol. The molecule has 0 aliphatic carbocycles. The van der Waals surface area contributed by atoms with Crippen LogP contribution in [0.4, 0.5) is 8.78 Å². The number of esters is 1. The van der Waals surface area contributed by atoms with Gasteiger partial charge in [-0.3, -0.25) is 0 Å². The number of aromatic carboxylic acids is 1. The predicted octanol–water partition coefficient (Wildman–Crippen LogP) is 13.4. The summed E-state index contributed by atoms with van der Waals surface area (Å²) in [4.78, 5) is 34.9. The second kappa shape index (κ2) is 24.4. The third kappa shape index (κ3) is 12.9. The molecule has 8 rings (SSSR count). The zero-order chi connectivity index (χ0) is 49.6. The van der Waals surface area contributed by atoms with Gasteiger partial charge in [0, 0.05) is 43.7 Å². The molecule has 0 spiro atoms. The molecule has 0 aliphatic heterocycles. The van der Waals surface area contributed by atoms with Gasteiger partial charge in [-0.1, -0.05) is 36.4 Å². The molecule has 0 saturated carbocycles. The van der Waals surface area contributed by atoms with E-state index in [0.29, 0.717) is 29.4 Å². The Labute approximate surface area is 412 Å². The molecular weight excluding hydrogens is 939 g/mol. The summed E-state index contributed by atoms with van der Waals surface area (Å²) in [5, 5.41) is 9.44. The molecule has 0 aliphatic rings. The number of aryl methyl sites for hydroxylation is 2. The highest BCUT2D eigenvalue weighted by atomic mass is 32.2. The summed E-state index contributed by atoms with van der Waals surface area (Å²) in [5.41, 5.74) is 9.04. The topological polar surface area (TPSA) is 129 Å². The maximum absolute atomic E-state index is 13.3. The highest BCUT2D eigenvalue weighted by Crippen LogP contribution is 2.39. The molecule has 0 fully saturated rings. The lowest BCUT2D eigenvalue weighted by atomic mass is 10.1. The van der Waals surface area contributed by atoms with E-state index in [0.717, 1.165) is 84.6 Å². The number of carboxylic acid groups (broad SMARTS) is 1. The second-order valence-electron chi connectivity index (χ2n) is 15.3. The van der Waals surface area contributed by atoms with Gasteiger partial charge in [-0.2, -0.15) is 8.67 Å². The fourth-order valence-electron chi connectivity index (χ4n) is 7.35. The Kier molecular flexibility index (Phi) is 17.7. The van der Waals surface area contributed by atoms with Gasteiger partial charge in [-0.15, -0.1) is 0 Å². The molecule has 8 aromatic rings. The summed E-state index contributed by atoms with van der Waals surface area (Å²) >= 11 is 2.15. The zero-order valence-electron chi connectivity index (χ0n) is 38.7. The Bertz CT molecular complexity index is 3050. The summed E-state index contributed by atoms with van der Waals surface area (Å²) in [6, 6.07) is 45.6. The first kappa shape index (κ1) is 50.7. The van der Waals surface area contributed by atoms with Crippen LogP contribution >= 0.6 is 24.1 Å². The number of halogens is 2. The average Bonchev–Trinajstić information content (AvgIpc) is 3.96. The van der Waals surface area contributed by atoms with E-state index in [2.05, 4.69) is 4.57 Å². The normalized spacial score (nSPS) is 10.9. The van der Waals surface area contributed by atoms with Crippen LogP contribution in [0, 0.1) is 25.5 Å². The number of aromatic nitrogens is 2. The molecule has 2 heterocycles. The summed E-state index contributed by atoms with van der Waals surface area (Å²) < 4.78 is 58.2. The maximum atomic E-state index is 13.3. The number of ether oxygens (including phenoxy) is 3. The van der Waals surface area contributed by atoms with E-state index in [1.807, 2.05) is 97.3 Å². The molecule has 0 bridgehead atoms. The van der Waals surface area contributed by atoms with Crippen molar-refractivity contribution in [1.29, 1.82) is 0 Å². The fraction of sp³-hybridized carbons (Fsp3) is 0.148. The number of nitrogens with zero attached hydrogens (tertiary/aromatic N) is 2. The van der Waals surface area contributed by atoms with Crippen molar-refractivity contribution in [1.82, 2.24) is 9.13 Å². The molecule has 0 amide bonds. The summed E-state index contributed by atoms with van der Waals surface area (Å²) in [7, 11) is 2.87. The van der Waals surface area contributed by atoms with Gasteiger partial charge in [0.1, 0.15) is 36.3 Å². The van der Waals surface area contributed by atoms with Crippen LogP contribution in [0.5, 0.6) is 11.5 Å². The molecule has 12 nitrogen and oxygen atoms in total. The van der Waals surface area contributed by atoms with E-state index in [1.165, 1.54) is 38.5 Å². The van der Waals surface area contributed by atoms with Crippen molar-refractivity contribution in [2.45, 2.75) is 43.8 Å². The van der Waals surface area contributed by atoms with Gasteiger partial charge in [0.25, 0.3) is 0 Å².